The predicted molar refractivity (Wildman–Crippen MR) is 133 cm³/mol. The van der Waals surface area contributed by atoms with Gasteiger partial charge in [0, 0.05) is 31.0 Å². The number of carbonyl (C=O) groups excluding carboxylic acids is 1. The highest BCUT2D eigenvalue weighted by atomic mass is 32.2. The number of halogens is 1. The van der Waals surface area contributed by atoms with Crippen LogP contribution in [0.25, 0.3) is 0 Å². The number of nitrogens with one attached hydrogen (secondary N) is 7. The second kappa shape index (κ2) is 12.6. The van der Waals surface area contributed by atoms with Crippen LogP contribution < -0.4 is 36.8 Å². The standard InChI is InChI=1S/C23H44FN7O3S/c1-25-35(33,34)20-7-3-6-19(24)18(20)13-28-23(32)16-4-2-5-17(12-16)27-14-21-29-22(31-30-21)15-8-10-26-11-9-15/h15-22,25-27,29-31H,2-14H2,1H3,(H,28,32). The minimum absolute atomic E-state index is 0.0693. The number of hydrazine groups is 1. The molecule has 0 aromatic rings. The fraction of sp³-hybridized carbons (Fsp3) is 0.957. The van der Waals surface area contributed by atoms with Gasteiger partial charge < -0.3 is 16.0 Å². The molecule has 4 rings (SSSR count). The fourth-order valence-electron chi connectivity index (χ4n) is 6.26. The molecule has 2 aliphatic heterocycles. The third-order valence-corrected chi connectivity index (χ3v) is 10.4. The first-order valence-electron chi connectivity index (χ1n) is 13.4. The van der Waals surface area contributed by atoms with E-state index in [0.717, 1.165) is 58.2 Å². The first kappa shape index (κ1) is 27.2. The van der Waals surface area contributed by atoms with Crippen LogP contribution in [-0.2, 0) is 14.8 Å². The topological polar surface area (TPSA) is 135 Å². The summed E-state index contributed by atoms with van der Waals surface area (Å²) in [4.78, 5) is 12.9. The lowest BCUT2D eigenvalue weighted by atomic mass is 9.84. The minimum atomic E-state index is -3.58. The molecule has 12 heteroatoms. The average molecular weight is 518 g/mol. The van der Waals surface area contributed by atoms with Crippen molar-refractivity contribution in [3.63, 3.8) is 0 Å². The lowest BCUT2D eigenvalue weighted by Gasteiger charge is -2.34. The molecule has 2 aliphatic carbocycles. The van der Waals surface area contributed by atoms with Crippen LogP contribution in [0, 0.1) is 17.8 Å². The quantitative estimate of drug-likeness (QED) is 0.221. The highest BCUT2D eigenvalue weighted by Gasteiger charge is 2.41. The summed E-state index contributed by atoms with van der Waals surface area (Å²) >= 11 is 0. The number of alkyl halides is 1. The maximum absolute atomic E-state index is 14.6. The third kappa shape index (κ3) is 7.12. The number of sulfonamides is 1. The Bertz CT molecular complexity index is 798. The lowest BCUT2D eigenvalue weighted by Crippen LogP contribution is -2.50. The Morgan fingerprint density at radius 1 is 1.00 bits per heavy atom. The van der Waals surface area contributed by atoms with Gasteiger partial charge in [0.15, 0.2) is 0 Å². The van der Waals surface area contributed by atoms with Gasteiger partial charge in [-0.2, -0.15) is 0 Å². The van der Waals surface area contributed by atoms with Gasteiger partial charge in [-0.05, 0) is 77.4 Å². The zero-order chi connectivity index (χ0) is 24.8. The third-order valence-electron chi connectivity index (χ3n) is 8.41. The van der Waals surface area contributed by atoms with Crippen LogP contribution in [0.15, 0.2) is 0 Å². The predicted octanol–water partition coefficient (Wildman–Crippen LogP) is -0.344. The van der Waals surface area contributed by atoms with Crippen molar-refractivity contribution in [3.8, 4) is 0 Å². The van der Waals surface area contributed by atoms with Crippen LogP contribution in [0.2, 0.25) is 0 Å². The highest BCUT2D eigenvalue weighted by molar-refractivity contribution is 7.90. The minimum Gasteiger partial charge on any atom is -0.355 e. The molecule has 4 fully saturated rings. The number of piperidine rings is 1. The van der Waals surface area contributed by atoms with E-state index in [9.17, 15) is 17.6 Å². The van der Waals surface area contributed by atoms with E-state index in [1.54, 1.807) is 0 Å². The van der Waals surface area contributed by atoms with Crippen molar-refractivity contribution in [3.05, 3.63) is 0 Å². The maximum atomic E-state index is 14.6. The van der Waals surface area contributed by atoms with Gasteiger partial charge in [-0.15, -0.1) is 0 Å². The summed E-state index contributed by atoms with van der Waals surface area (Å²) < 4.78 is 41.7. The number of hydrogen-bond donors (Lipinski definition) is 7. The lowest BCUT2D eigenvalue weighted by molar-refractivity contribution is -0.126. The summed E-state index contributed by atoms with van der Waals surface area (Å²) in [6.07, 6.45) is 6.40. The van der Waals surface area contributed by atoms with Crippen molar-refractivity contribution in [2.45, 2.75) is 87.6 Å². The summed E-state index contributed by atoms with van der Waals surface area (Å²) in [6.45, 7) is 2.97. The number of hydrogen-bond acceptors (Lipinski definition) is 8. The van der Waals surface area contributed by atoms with Crippen LogP contribution in [0.3, 0.4) is 0 Å². The van der Waals surface area contributed by atoms with Crippen molar-refractivity contribution in [2.75, 3.05) is 33.2 Å². The molecule has 0 aromatic carbocycles. The summed E-state index contributed by atoms with van der Waals surface area (Å²) in [5.41, 5.74) is 6.74. The van der Waals surface area contributed by atoms with Crippen LogP contribution in [-0.4, -0.2) is 77.3 Å². The van der Waals surface area contributed by atoms with E-state index in [0.29, 0.717) is 25.2 Å². The molecule has 2 saturated carbocycles. The highest BCUT2D eigenvalue weighted by Crippen LogP contribution is 2.32. The molecule has 0 radical (unpaired) electrons. The average Bonchev–Trinajstić information content (AvgIpc) is 3.36. The molecule has 2 saturated heterocycles. The van der Waals surface area contributed by atoms with Gasteiger partial charge in [0.05, 0.1) is 17.6 Å². The van der Waals surface area contributed by atoms with Crippen molar-refractivity contribution in [2.24, 2.45) is 17.8 Å². The molecule has 7 N–H and O–H groups in total. The number of rotatable bonds is 9. The zero-order valence-corrected chi connectivity index (χ0v) is 21.6. The van der Waals surface area contributed by atoms with Crippen LogP contribution in [0.4, 0.5) is 4.39 Å². The monoisotopic (exact) mass is 517 g/mol. The SMILES string of the molecule is CNS(=O)(=O)C1CCCC(F)C1CNC(=O)C1CCCC(NCC2NNC(C3CCNCC3)N2)C1. The Morgan fingerprint density at radius 3 is 2.54 bits per heavy atom. The molecule has 2 heterocycles. The van der Waals surface area contributed by atoms with Crippen molar-refractivity contribution in [1.82, 2.24) is 36.8 Å². The van der Waals surface area contributed by atoms with Crippen LogP contribution in [0.1, 0.15) is 57.8 Å². The first-order chi connectivity index (χ1) is 16.9. The Kier molecular flexibility index (Phi) is 9.75. The zero-order valence-electron chi connectivity index (χ0n) is 20.8. The Hall–Kier alpha value is -0.890. The molecule has 202 valence electrons. The summed E-state index contributed by atoms with van der Waals surface area (Å²) in [7, 11) is -2.22. The summed E-state index contributed by atoms with van der Waals surface area (Å²) in [5.74, 6) is -0.304. The van der Waals surface area contributed by atoms with Crippen molar-refractivity contribution < 1.29 is 17.6 Å². The molecule has 7 atom stereocenters. The molecule has 7 unspecified atom stereocenters. The Labute approximate surface area is 209 Å². The second-order valence-corrected chi connectivity index (χ2v) is 12.8. The van der Waals surface area contributed by atoms with Gasteiger partial charge in [0.2, 0.25) is 15.9 Å². The van der Waals surface area contributed by atoms with Crippen LogP contribution >= 0.6 is 0 Å². The van der Waals surface area contributed by atoms with E-state index in [4.69, 9.17) is 0 Å². The van der Waals surface area contributed by atoms with E-state index < -0.39 is 27.4 Å². The van der Waals surface area contributed by atoms with Gasteiger partial charge in [-0.3, -0.25) is 10.1 Å². The second-order valence-electron chi connectivity index (χ2n) is 10.7. The van der Waals surface area contributed by atoms with Crippen molar-refractivity contribution >= 4 is 15.9 Å². The van der Waals surface area contributed by atoms with Gasteiger partial charge in [-0.25, -0.2) is 28.4 Å². The molecular weight excluding hydrogens is 473 g/mol. The van der Waals surface area contributed by atoms with Crippen LogP contribution in [0.5, 0.6) is 0 Å². The molecule has 0 aromatic heterocycles. The molecule has 0 spiro atoms. The normalized spacial score (nSPS) is 37.3. The molecule has 4 aliphatic rings. The largest absolute Gasteiger partial charge is 0.355 e. The van der Waals surface area contributed by atoms with E-state index in [-0.39, 0.29) is 36.7 Å². The molecule has 0 bridgehead atoms. The van der Waals surface area contributed by atoms with Crippen molar-refractivity contribution in [1.29, 1.82) is 0 Å². The molecule has 35 heavy (non-hydrogen) atoms. The Balaban J connectivity index is 1.21. The maximum Gasteiger partial charge on any atom is 0.223 e. The Morgan fingerprint density at radius 2 is 1.77 bits per heavy atom. The fourth-order valence-corrected chi connectivity index (χ4v) is 7.77. The summed E-state index contributed by atoms with van der Waals surface area (Å²) in [6, 6.07) is 0.252. The van der Waals surface area contributed by atoms with Gasteiger partial charge in [0.25, 0.3) is 0 Å². The smallest absolute Gasteiger partial charge is 0.223 e. The van der Waals surface area contributed by atoms with Gasteiger partial charge in [-0.1, -0.05) is 6.42 Å². The number of amides is 1. The van der Waals surface area contributed by atoms with E-state index >= 15 is 0 Å². The molecular formula is C23H44FN7O3S. The van der Waals surface area contributed by atoms with E-state index in [1.165, 1.54) is 7.05 Å². The summed E-state index contributed by atoms with van der Waals surface area (Å²) in [5, 5.41) is 12.8. The molecule has 10 nitrogen and oxygen atoms in total. The van der Waals surface area contributed by atoms with Gasteiger partial charge >= 0.3 is 0 Å². The first-order valence-corrected chi connectivity index (χ1v) is 15.0. The van der Waals surface area contributed by atoms with E-state index in [2.05, 4.69) is 36.8 Å². The molecule has 1 amide bonds. The van der Waals surface area contributed by atoms with E-state index in [1.807, 2.05) is 0 Å². The number of carbonyl (C=O) groups is 1. The van der Waals surface area contributed by atoms with Gasteiger partial charge in [0.1, 0.15) is 6.17 Å².